The monoisotopic (exact) mass is 473 g/mol. The number of allylic oxidation sites excluding steroid dienone is 2. The van der Waals surface area contributed by atoms with Crippen LogP contribution in [0.5, 0.6) is 0 Å². The molecule has 2 aliphatic carbocycles. The van der Waals surface area contributed by atoms with E-state index in [1.54, 1.807) is 22.3 Å². The quantitative estimate of drug-likeness (QED) is 0.263. The molecule has 2 heteroatoms. The third-order valence-corrected chi connectivity index (χ3v) is 15.8. The molecule has 176 valence electrons. The number of benzene rings is 3. The van der Waals surface area contributed by atoms with Crippen LogP contribution in [0.2, 0.25) is 13.1 Å². The molecule has 7 rings (SSSR count). The average Bonchev–Trinajstić information content (AvgIpc) is 3.46. The Morgan fingerprint density at radius 1 is 0.914 bits per heavy atom. The predicted octanol–water partition coefficient (Wildman–Crippen LogP) is 8.47. The molecule has 1 saturated heterocycles. The summed E-state index contributed by atoms with van der Waals surface area (Å²) in [6.07, 6.45) is 7.72. The van der Waals surface area contributed by atoms with Crippen LogP contribution in [0.4, 0.5) is 0 Å². The SMILES string of the molecule is CCCCC1=CC2(CC3(c4ccccc4-c4c3c3cc(C)ccc3n4C)[Si]2(C)C)c2ccccc21. The van der Waals surface area contributed by atoms with Crippen molar-refractivity contribution < 1.29 is 0 Å². The molecule has 1 aliphatic heterocycles. The highest BCUT2D eigenvalue weighted by Gasteiger charge is 2.74. The second kappa shape index (κ2) is 6.88. The standard InChI is InChI=1S/C33H35NSi/c1-6-7-12-23-20-32(27-15-10-8-13-24(23)27)21-33(35(32,4)5)28-16-11-9-14-25(28)31-30(33)26-19-22(2)17-18-29(26)34(31)3/h8-11,13-20H,6-7,12,21H2,1-5H3. The van der Waals surface area contributed by atoms with Gasteiger partial charge in [0.25, 0.3) is 0 Å². The minimum atomic E-state index is -1.93. The maximum atomic E-state index is 2.77. The van der Waals surface area contributed by atoms with Gasteiger partial charge >= 0.3 is 0 Å². The van der Waals surface area contributed by atoms with Crippen LogP contribution in [-0.2, 0) is 17.1 Å². The average molecular weight is 474 g/mol. The first-order valence-corrected chi connectivity index (χ1v) is 16.4. The van der Waals surface area contributed by atoms with Gasteiger partial charge in [-0.1, -0.05) is 92.7 Å². The zero-order valence-electron chi connectivity index (χ0n) is 21.7. The summed E-state index contributed by atoms with van der Waals surface area (Å²) in [4.78, 5) is 0. The molecular formula is C33H35NSi. The predicted molar refractivity (Wildman–Crippen MR) is 152 cm³/mol. The first-order valence-electron chi connectivity index (χ1n) is 13.4. The van der Waals surface area contributed by atoms with Gasteiger partial charge in [-0.2, -0.15) is 0 Å². The van der Waals surface area contributed by atoms with E-state index in [9.17, 15) is 0 Å². The van der Waals surface area contributed by atoms with Crippen molar-refractivity contribution in [1.29, 1.82) is 0 Å². The lowest BCUT2D eigenvalue weighted by Crippen LogP contribution is -2.75. The van der Waals surface area contributed by atoms with Crippen molar-refractivity contribution >= 4 is 24.5 Å². The fourth-order valence-electron chi connectivity index (χ4n) is 8.31. The van der Waals surface area contributed by atoms with E-state index in [1.165, 1.54) is 59.0 Å². The molecule has 1 nitrogen and oxygen atoms in total. The van der Waals surface area contributed by atoms with E-state index in [0.717, 1.165) is 0 Å². The van der Waals surface area contributed by atoms with Crippen molar-refractivity contribution in [1.82, 2.24) is 4.57 Å². The Labute approximate surface area is 210 Å². The van der Waals surface area contributed by atoms with Crippen LogP contribution >= 0.6 is 0 Å². The summed E-state index contributed by atoms with van der Waals surface area (Å²) in [6.45, 7) is 9.96. The fraction of sp³-hybridized carbons (Fsp3) is 0.333. The molecular weight excluding hydrogens is 438 g/mol. The van der Waals surface area contributed by atoms with Gasteiger partial charge in [-0.05, 0) is 66.1 Å². The maximum Gasteiger partial charge on any atom is 0.0801 e. The lowest BCUT2D eigenvalue weighted by Gasteiger charge is -2.66. The van der Waals surface area contributed by atoms with Crippen LogP contribution in [0.1, 0.15) is 60.4 Å². The van der Waals surface area contributed by atoms with Crippen LogP contribution in [0.3, 0.4) is 0 Å². The molecule has 2 atom stereocenters. The largest absolute Gasteiger partial charge is 0.343 e. The topological polar surface area (TPSA) is 4.93 Å². The van der Waals surface area contributed by atoms with Gasteiger partial charge in [0.1, 0.15) is 0 Å². The van der Waals surface area contributed by atoms with Crippen molar-refractivity contribution in [3.05, 3.63) is 101 Å². The number of hydrogen-bond acceptors (Lipinski definition) is 0. The normalized spacial score (nSPS) is 25.0. The number of aromatic nitrogens is 1. The first-order chi connectivity index (χ1) is 16.9. The molecule has 0 saturated carbocycles. The summed E-state index contributed by atoms with van der Waals surface area (Å²) in [6, 6.07) is 25.8. The highest BCUT2D eigenvalue weighted by atomic mass is 28.3. The van der Waals surface area contributed by atoms with Gasteiger partial charge in [0, 0.05) is 33.6 Å². The van der Waals surface area contributed by atoms with E-state index in [1.807, 2.05) is 0 Å². The molecule has 2 spiro atoms. The second-order valence-corrected chi connectivity index (χ2v) is 16.8. The number of nitrogens with zero attached hydrogens (tertiary/aromatic N) is 1. The number of unbranched alkanes of at least 4 members (excludes halogenated alkanes) is 1. The lowest BCUT2D eigenvalue weighted by molar-refractivity contribution is 0.433. The second-order valence-electron chi connectivity index (χ2n) is 11.8. The Morgan fingerprint density at radius 3 is 2.37 bits per heavy atom. The molecule has 1 aromatic heterocycles. The number of hydrogen-bond donors (Lipinski definition) is 0. The van der Waals surface area contributed by atoms with Gasteiger partial charge in [0.2, 0.25) is 0 Å². The third-order valence-electron chi connectivity index (χ3n) is 10.1. The summed E-state index contributed by atoms with van der Waals surface area (Å²) in [5, 5.41) is 1.85. The fourth-order valence-corrected chi connectivity index (χ4v) is 13.4. The third kappa shape index (κ3) is 2.31. The summed E-state index contributed by atoms with van der Waals surface area (Å²) in [5.41, 5.74) is 13.7. The minimum absolute atomic E-state index is 0.149. The zero-order valence-corrected chi connectivity index (χ0v) is 22.7. The van der Waals surface area contributed by atoms with Gasteiger partial charge in [-0.15, -0.1) is 0 Å². The van der Waals surface area contributed by atoms with Crippen LogP contribution in [0.25, 0.3) is 27.7 Å². The van der Waals surface area contributed by atoms with Gasteiger partial charge in [-0.3, -0.25) is 0 Å². The Hall–Kier alpha value is -2.84. The van der Waals surface area contributed by atoms with E-state index in [0.29, 0.717) is 0 Å². The van der Waals surface area contributed by atoms with Crippen molar-refractivity contribution in [2.75, 3.05) is 0 Å². The van der Waals surface area contributed by atoms with Gasteiger partial charge in [0.15, 0.2) is 0 Å². The molecule has 1 fully saturated rings. The van der Waals surface area contributed by atoms with E-state index in [-0.39, 0.29) is 10.1 Å². The van der Waals surface area contributed by atoms with Crippen molar-refractivity contribution in [2.24, 2.45) is 7.05 Å². The van der Waals surface area contributed by atoms with Gasteiger partial charge in [-0.25, -0.2) is 0 Å². The molecule has 2 heterocycles. The Kier molecular flexibility index (Phi) is 4.22. The summed E-state index contributed by atoms with van der Waals surface area (Å²) in [7, 11) is 0.350. The molecule has 4 aromatic rings. The van der Waals surface area contributed by atoms with Crippen LogP contribution in [0.15, 0.2) is 72.8 Å². The van der Waals surface area contributed by atoms with Crippen molar-refractivity contribution in [3.8, 4) is 11.3 Å². The van der Waals surface area contributed by atoms with Gasteiger partial charge < -0.3 is 4.57 Å². The van der Waals surface area contributed by atoms with E-state index in [2.05, 4.69) is 111 Å². The maximum absolute atomic E-state index is 2.77. The Balaban J connectivity index is 1.52. The summed E-state index contributed by atoms with van der Waals surface area (Å²) < 4.78 is 2.48. The van der Waals surface area contributed by atoms with Crippen LogP contribution in [0, 0.1) is 6.92 Å². The zero-order chi connectivity index (χ0) is 24.2. The number of rotatable bonds is 3. The van der Waals surface area contributed by atoms with E-state index < -0.39 is 8.07 Å². The first kappa shape index (κ1) is 21.4. The molecule has 0 N–H and O–H groups in total. The van der Waals surface area contributed by atoms with Crippen molar-refractivity contribution in [2.45, 2.75) is 62.7 Å². The Bertz CT molecular complexity index is 1570. The smallest absolute Gasteiger partial charge is 0.0801 e. The highest BCUT2D eigenvalue weighted by Crippen LogP contribution is 2.73. The number of fused-ring (bicyclic) bond motifs is 9. The summed E-state index contributed by atoms with van der Waals surface area (Å²) in [5.74, 6) is 0. The molecule has 0 bridgehead atoms. The minimum Gasteiger partial charge on any atom is -0.343 e. The highest BCUT2D eigenvalue weighted by molar-refractivity contribution is 6.88. The van der Waals surface area contributed by atoms with Crippen LogP contribution in [-0.4, -0.2) is 12.6 Å². The summed E-state index contributed by atoms with van der Waals surface area (Å²) >= 11 is 0. The van der Waals surface area contributed by atoms with E-state index >= 15 is 0 Å². The molecule has 0 amide bonds. The lowest BCUT2D eigenvalue weighted by atomic mass is 9.79. The van der Waals surface area contributed by atoms with E-state index in [4.69, 9.17) is 0 Å². The molecule has 2 unspecified atom stereocenters. The molecule has 3 aromatic carbocycles. The van der Waals surface area contributed by atoms with Crippen molar-refractivity contribution in [3.63, 3.8) is 0 Å². The Morgan fingerprint density at radius 2 is 1.63 bits per heavy atom. The molecule has 35 heavy (non-hydrogen) atoms. The molecule has 3 aliphatic rings. The molecule has 0 radical (unpaired) electrons. The van der Waals surface area contributed by atoms with Gasteiger partial charge in [0.05, 0.1) is 13.8 Å². The number of aryl methyl sites for hydroxylation is 2. The van der Waals surface area contributed by atoms with Crippen LogP contribution < -0.4 is 0 Å².